The van der Waals surface area contributed by atoms with Crippen LogP contribution < -0.4 is 10.6 Å². The molecule has 0 aromatic carbocycles. The summed E-state index contributed by atoms with van der Waals surface area (Å²) in [5.41, 5.74) is 7.17. The van der Waals surface area contributed by atoms with E-state index in [0.29, 0.717) is 5.92 Å². The second kappa shape index (κ2) is 5.66. The van der Waals surface area contributed by atoms with Crippen LogP contribution in [-0.2, 0) is 0 Å². The molecule has 0 amide bonds. The van der Waals surface area contributed by atoms with E-state index < -0.39 is 0 Å². The van der Waals surface area contributed by atoms with E-state index in [0.717, 1.165) is 30.2 Å². The highest BCUT2D eigenvalue weighted by Gasteiger charge is 2.10. The number of rotatable bonds is 5. The summed E-state index contributed by atoms with van der Waals surface area (Å²) >= 11 is 0. The Bertz CT molecular complexity index is 398. The highest BCUT2D eigenvalue weighted by atomic mass is 15.2. The largest absolute Gasteiger partial charge is 0.384 e. The summed E-state index contributed by atoms with van der Waals surface area (Å²) in [5, 5.41) is 7.50. The van der Waals surface area contributed by atoms with Crippen LogP contribution in [0.4, 0.5) is 5.82 Å². The topological polar surface area (TPSA) is 66.0 Å². The lowest BCUT2D eigenvalue weighted by atomic mass is 10.1. The van der Waals surface area contributed by atoms with Gasteiger partial charge < -0.3 is 10.6 Å². The molecule has 0 aliphatic rings. The summed E-state index contributed by atoms with van der Waals surface area (Å²) in [5.74, 6) is 1.58. The van der Waals surface area contributed by atoms with Gasteiger partial charge in [-0.3, -0.25) is 5.41 Å². The van der Waals surface area contributed by atoms with Crippen LogP contribution in [0.5, 0.6) is 0 Å². The van der Waals surface area contributed by atoms with Crippen LogP contribution in [0, 0.1) is 18.3 Å². The Morgan fingerprint density at radius 1 is 1.47 bits per heavy atom. The number of nitrogens with one attached hydrogen (secondary N) is 1. The van der Waals surface area contributed by atoms with Gasteiger partial charge in [0.05, 0.1) is 0 Å². The van der Waals surface area contributed by atoms with Gasteiger partial charge in [0.15, 0.2) is 0 Å². The molecule has 17 heavy (non-hydrogen) atoms. The van der Waals surface area contributed by atoms with E-state index in [1.165, 1.54) is 0 Å². The molecule has 0 saturated carbocycles. The van der Waals surface area contributed by atoms with E-state index in [1.54, 1.807) is 0 Å². The predicted molar refractivity (Wildman–Crippen MR) is 72.7 cm³/mol. The summed E-state index contributed by atoms with van der Waals surface area (Å²) < 4.78 is 0. The van der Waals surface area contributed by atoms with Gasteiger partial charge in [0, 0.05) is 24.3 Å². The lowest BCUT2D eigenvalue weighted by Crippen LogP contribution is -2.28. The van der Waals surface area contributed by atoms with Crippen LogP contribution in [0.2, 0.25) is 0 Å². The lowest BCUT2D eigenvalue weighted by molar-refractivity contribution is 0.614. The zero-order chi connectivity index (χ0) is 13.0. The lowest BCUT2D eigenvalue weighted by Gasteiger charge is -2.24. The van der Waals surface area contributed by atoms with Crippen LogP contribution in [0.1, 0.15) is 32.0 Å². The van der Waals surface area contributed by atoms with Gasteiger partial charge in [-0.25, -0.2) is 4.98 Å². The molecular formula is C13H22N4. The van der Waals surface area contributed by atoms with Crippen LogP contribution in [-0.4, -0.2) is 23.9 Å². The number of pyridine rings is 1. The van der Waals surface area contributed by atoms with Gasteiger partial charge in [-0.15, -0.1) is 0 Å². The van der Waals surface area contributed by atoms with Crippen molar-refractivity contribution < 1.29 is 0 Å². The van der Waals surface area contributed by atoms with Crippen molar-refractivity contribution in [1.29, 1.82) is 5.41 Å². The molecule has 0 bridgehead atoms. The van der Waals surface area contributed by atoms with E-state index in [9.17, 15) is 0 Å². The second-order valence-electron chi connectivity index (χ2n) is 4.70. The fourth-order valence-electron chi connectivity index (χ4n) is 1.79. The second-order valence-corrected chi connectivity index (χ2v) is 4.70. The van der Waals surface area contributed by atoms with Crippen molar-refractivity contribution in [2.24, 2.45) is 11.7 Å². The predicted octanol–water partition coefficient (Wildman–Crippen LogP) is 2.16. The molecule has 0 fully saturated rings. The first-order valence-electron chi connectivity index (χ1n) is 6.02. The van der Waals surface area contributed by atoms with Crippen molar-refractivity contribution in [3.05, 3.63) is 23.4 Å². The third-order valence-electron chi connectivity index (χ3n) is 2.54. The third-order valence-corrected chi connectivity index (χ3v) is 2.54. The van der Waals surface area contributed by atoms with E-state index in [2.05, 4.69) is 30.7 Å². The Kier molecular flexibility index (Phi) is 4.49. The zero-order valence-electron chi connectivity index (χ0n) is 11.1. The van der Waals surface area contributed by atoms with Crippen molar-refractivity contribution in [3.63, 3.8) is 0 Å². The minimum atomic E-state index is 0.0948. The number of aromatic nitrogens is 1. The third kappa shape index (κ3) is 3.73. The van der Waals surface area contributed by atoms with Gasteiger partial charge in [-0.05, 0) is 31.9 Å². The molecule has 3 N–H and O–H groups in total. The minimum Gasteiger partial charge on any atom is -0.384 e. The fourth-order valence-corrected chi connectivity index (χ4v) is 1.79. The fraction of sp³-hybridized carbons (Fsp3) is 0.538. The molecule has 0 unspecified atom stereocenters. The molecule has 0 spiro atoms. The number of aryl methyl sites for hydroxylation is 1. The van der Waals surface area contributed by atoms with Crippen molar-refractivity contribution in [2.45, 2.75) is 27.7 Å². The van der Waals surface area contributed by atoms with E-state index in [-0.39, 0.29) is 5.84 Å². The first-order valence-corrected chi connectivity index (χ1v) is 6.02. The maximum absolute atomic E-state index is 7.50. The number of hydrogen-bond acceptors (Lipinski definition) is 3. The number of nitrogens with zero attached hydrogens (tertiary/aromatic N) is 2. The number of anilines is 1. The van der Waals surface area contributed by atoms with Crippen molar-refractivity contribution in [1.82, 2.24) is 4.98 Å². The highest BCUT2D eigenvalue weighted by Crippen LogP contribution is 2.16. The van der Waals surface area contributed by atoms with Gasteiger partial charge in [0.1, 0.15) is 11.7 Å². The van der Waals surface area contributed by atoms with Gasteiger partial charge in [-0.2, -0.15) is 0 Å². The van der Waals surface area contributed by atoms with Crippen molar-refractivity contribution >= 4 is 11.7 Å². The molecular weight excluding hydrogens is 212 g/mol. The normalized spacial score (nSPS) is 10.6. The van der Waals surface area contributed by atoms with Crippen molar-refractivity contribution in [3.8, 4) is 0 Å². The summed E-state index contributed by atoms with van der Waals surface area (Å²) in [6, 6.07) is 3.73. The highest BCUT2D eigenvalue weighted by molar-refractivity contribution is 5.95. The zero-order valence-corrected chi connectivity index (χ0v) is 11.1. The average Bonchev–Trinajstić information content (AvgIpc) is 2.24. The van der Waals surface area contributed by atoms with Gasteiger partial charge in [-0.1, -0.05) is 13.8 Å². The van der Waals surface area contributed by atoms with Gasteiger partial charge in [0.2, 0.25) is 0 Å². The Balaban J connectivity index is 3.06. The van der Waals surface area contributed by atoms with Crippen LogP contribution in [0.3, 0.4) is 0 Å². The van der Waals surface area contributed by atoms with Crippen LogP contribution >= 0.6 is 0 Å². The number of nitrogen functional groups attached to an aromatic ring is 1. The summed E-state index contributed by atoms with van der Waals surface area (Å²) in [6.07, 6.45) is 0. The van der Waals surface area contributed by atoms with Gasteiger partial charge in [0.25, 0.3) is 0 Å². The summed E-state index contributed by atoms with van der Waals surface area (Å²) in [6.45, 7) is 10.3. The SMILES string of the molecule is CCN(CC(C)C)c1cc(C(=N)N)cc(C)n1. The first kappa shape index (κ1) is 13.5. The molecule has 4 nitrogen and oxygen atoms in total. The molecule has 0 radical (unpaired) electrons. The Morgan fingerprint density at radius 2 is 2.12 bits per heavy atom. The molecule has 94 valence electrons. The maximum Gasteiger partial charge on any atom is 0.129 e. The molecule has 0 aliphatic heterocycles. The van der Waals surface area contributed by atoms with Crippen molar-refractivity contribution in [2.75, 3.05) is 18.0 Å². The van der Waals surface area contributed by atoms with Crippen LogP contribution in [0.15, 0.2) is 12.1 Å². The quantitative estimate of drug-likeness (QED) is 0.606. The number of hydrogen-bond donors (Lipinski definition) is 2. The van der Waals surface area contributed by atoms with E-state index >= 15 is 0 Å². The summed E-state index contributed by atoms with van der Waals surface area (Å²) in [4.78, 5) is 6.73. The Morgan fingerprint density at radius 3 is 2.59 bits per heavy atom. The molecule has 0 saturated heterocycles. The number of nitrogens with two attached hydrogens (primary N) is 1. The molecule has 4 heteroatoms. The monoisotopic (exact) mass is 234 g/mol. The van der Waals surface area contributed by atoms with E-state index in [4.69, 9.17) is 11.1 Å². The number of amidine groups is 1. The standard InChI is InChI=1S/C13H22N4/c1-5-17(8-9(2)3)12-7-11(13(14)15)6-10(4)16-12/h6-7,9H,5,8H2,1-4H3,(H3,14,15). The molecule has 0 atom stereocenters. The van der Waals surface area contributed by atoms with E-state index in [1.807, 2.05) is 19.1 Å². The van der Waals surface area contributed by atoms with Gasteiger partial charge >= 0.3 is 0 Å². The average molecular weight is 234 g/mol. The van der Waals surface area contributed by atoms with Crippen LogP contribution in [0.25, 0.3) is 0 Å². The molecule has 1 heterocycles. The smallest absolute Gasteiger partial charge is 0.129 e. The Labute approximate surface area is 103 Å². The molecule has 0 aliphatic carbocycles. The molecule has 1 rings (SSSR count). The maximum atomic E-state index is 7.50. The minimum absolute atomic E-state index is 0.0948. The Hall–Kier alpha value is -1.58. The molecule has 1 aromatic heterocycles. The molecule has 1 aromatic rings. The summed E-state index contributed by atoms with van der Waals surface area (Å²) in [7, 11) is 0. The first-order chi connectivity index (χ1) is 7.93.